The van der Waals surface area contributed by atoms with Gasteiger partial charge in [0.15, 0.2) is 0 Å². The van der Waals surface area contributed by atoms with Gasteiger partial charge in [-0.05, 0) is 55.5 Å². The lowest BCUT2D eigenvalue weighted by Gasteiger charge is -2.34. The molecule has 2 N–H and O–H groups in total. The van der Waals surface area contributed by atoms with Gasteiger partial charge in [0.25, 0.3) is 0 Å². The number of amides is 1. The van der Waals surface area contributed by atoms with E-state index in [1.165, 1.54) is 0 Å². The topological polar surface area (TPSA) is 89.5 Å². The molecule has 148 valence electrons. The van der Waals surface area contributed by atoms with E-state index in [9.17, 15) is 14.7 Å². The van der Waals surface area contributed by atoms with Crippen LogP contribution in [-0.4, -0.2) is 63.2 Å². The Bertz CT molecular complexity index is 841. The van der Waals surface area contributed by atoms with Gasteiger partial charge in [0, 0.05) is 37.8 Å². The number of carbonyl (C=O) groups excluding carboxylic acids is 1. The molecule has 1 amide bonds. The maximum absolute atomic E-state index is 11.8. The SMILES string of the molecule is O=C(O)c1cc(-c2cn[nH]c2)ccc1CN1CCC(CN2CCCC2=O)CC1. The zero-order chi connectivity index (χ0) is 19.5. The van der Waals surface area contributed by atoms with Crippen molar-refractivity contribution in [3.63, 3.8) is 0 Å². The van der Waals surface area contributed by atoms with Crippen LogP contribution in [0.4, 0.5) is 0 Å². The average Bonchev–Trinajstić information content (AvgIpc) is 3.36. The van der Waals surface area contributed by atoms with E-state index >= 15 is 0 Å². The lowest BCUT2D eigenvalue weighted by Crippen LogP contribution is -2.39. The Morgan fingerprint density at radius 3 is 2.68 bits per heavy atom. The number of aromatic carboxylic acids is 1. The van der Waals surface area contributed by atoms with Crippen LogP contribution in [0.3, 0.4) is 0 Å². The van der Waals surface area contributed by atoms with E-state index in [1.807, 2.05) is 17.0 Å². The zero-order valence-corrected chi connectivity index (χ0v) is 15.9. The first-order chi connectivity index (χ1) is 13.6. The number of piperidine rings is 1. The van der Waals surface area contributed by atoms with Crippen molar-refractivity contribution >= 4 is 11.9 Å². The second-order valence-electron chi connectivity index (χ2n) is 7.83. The van der Waals surface area contributed by atoms with Crippen LogP contribution in [0.25, 0.3) is 11.1 Å². The first kappa shape index (κ1) is 18.7. The van der Waals surface area contributed by atoms with E-state index in [-0.39, 0.29) is 0 Å². The Hall–Kier alpha value is -2.67. The van der Waals surface area contributed by atoms with Crippen LogP contribution in [-0.2, 0) is 11.3 Å². The van der Waals surface area contributed by atoms with E-state index < -0.39 is 5.97 Å². The lowest BCUT2D eigenvalue weighted by molar-refractivity contribution is -0.128. The summed E-state index contributed by atoms with van der Waals surface area (Å²) < 4.78 is 0. The fraction of sp³-hybridized carbons (Fsp3) is 0.476. The van der Waals surface area contributed by atoms with E-state index in [0.29, 0.717) is 30.4 Å². The third kappa shape index (κ3) is 4.09. The minimum atomic E-state index is -0.900. The smallest absolute Gasteiger partial charge is 0.336 e. The summed E-state index contributed by atoms with van der Waals surface area (Å²) in [6, 6.07) is 5.60. The molecule has 0 radical (unpaired) electrons. The van der Waals surface area contributed by atoms with Gasteiger partial charge in [-0.1, -0.05) is 12.1 Å². The van der Waals surface area contributed by atoms with E-state index in [2.05, 4.69) is 15.1 Å². The Kier molecular flexibility index (Phi) is 5.43. The van der Waals surface area contributed by atoms with Gasteiger partial charge in [-0.25, -0.2) is 4.79 Å². The maximum atomic E-state index is 11.8. The number of aromatic amines is 1. The Morgan fingerprint density at radius 1 is 1.21 bits per heavy atom. The van der Waals surface area contributed by atoms with E-state index in [4.69, 9.17) is 0 Å². The standard InChI is InChI=1S/C21H26N4O3/c26-20-2-1-7-25(20)13-15-5-8-24(9-6-15)14-17-4-3-16(10-19(17)21(27)28)18-11-22-23-12-18/h3-4,10-12,15H,1-2,5-9,13-14H2,(H,22,23)(H,27,28). The van der Waals surface area contributed by atoms with Gasteiger partial charge >= 0.3 is 5.97 Å². The number of hydrogen-bond acceptors (Lipinski definition) is 4. The second-order valence-corrected chi connectivity index (χ2v) is 7.83. The molecule has 0 aliphatic carbocycles. The highest BCUT2D eigenvalue weighted by molar-refractivity contribution is 5.91. The zero-order valence-electron chi connectivity index (χ0n) is 15.9. The van der Waals surface area contributed by atoms with Gasteiger partial charge < -0.3 is 10.0 Å². The van der Waals surface area contributed by atoms with Gasteiger partial charge in [-0.3, -0.25) is 14.8 Å². The molecule has 2 fully saturated rings. The van der Waals surface area contributed by atoms with Crippen molar-refractivity contribution in [2.75, 3.05) is 26.2 Å². The fourth-order valence-corrected chi connectivity index (χ4v) is 4.28. The summed E-state index contributed by atoms with van der Waals surface area (Å²) in [5.41, 5.74) is 2.92. The summed E-state index contributed by atoms with van der Waals surface area (Å²) in [5, 5.41) is 16.4. The van der Waals surface area contributed by atoms with Crippen molar-refractivity contribution in [3.05, 3.63) is 41.7 Å². The molecule has 7 nitrogen and oxygen atoms in total. The molecule has 0 atom stereocenters. The van der Waals surface area contributed by atoms with Crippen LogP contribution in [0, 0.1) is 5.92 Å². The predicted molar refractivity (Wildman–Crippen MR) is 105 cm³/mol. The number of rotatable bonds is 6. The molecule has 3 heterocycles. The number of benzene rings is 1. The minimum Gasteiger partial charge on any atom is -0.478 e. The molecular formula is C21H26N4O3. The number of nitrogens with one attached hydrogen (secondary N) is 1. The summed E-state index contributed by atoms with van der Waals surface area (Å²) in [4.78, 5) is 27.9. The molecule has 2 aliphatic heterocycles. The molecule has 0 saturated carbocycles. The molecule has 1 aromatic heterocycles. The largest absolute Gasteiger partial charge is 0.478 e. The maximum Gasteiger partial charge on any atom is 0.336 e. The van der Waals surface area contributed by atoms with E-state index in [1.54, 1.807) is 18.5 Å². The number of aromatic nitrogens is 2. The highest BCUT2D eigenvalue weighted by Gasteiger charge is 2.26. The number of carbonyl (C=O) groups is 2. The van der Waals surface area contributed by atoms with Crippen molar-refractivity contribution in [3.8, 4) is 11.1 Å². The molecule has 4 rings (SSSR count). The molecule has 2 saturated heterocycles. The molecular weight excluding hydrogens is 356 g/mol. The van der Waals surface area contributed by atoms with Gasteiger partial charge in [-0.2, -0.15) is 5.10 Å². The number of H-pyrrole nitrogens is 1. The van der Waals surface area contributed by atoms with Gasteiger partial charge in [0.05, 0.1) is 11.8 Å². The first-order valence-corrected chi connectivity index (χ1v) is 9.95. The van der Waals surface area contributed by atoms with Crippen LogP contribution >= 0.6 is 0 Å². The predicted octanol–water partition coefficient (Wildman–Crippen LogP) is 2.61. The van der Waals surface area contributed by atoms with E-state index in [0.717, 1.165) is 62.1 Å². The van der Waals surface area contributed by atoms with Gasteiger partial charge in [0.1, 0.15) is 0 Å². The monoisotopic (exact) mass is 382 g/mol. The van der Waals surface area contributed by atoms with Crippen molar-refractivity contribution in [1.82, 2.24) is 20.0 Å². The summed E-state index contributed by atoms with van der Waals surface area (Å²) >= 11 is 0. The highest BCUT2D eigenvalue weighted by atomic mass is 16.4. The third-order valence-corrected chi connectivity index (χ3v) is 5.92. The number of carboxylic acid groups (broad SMARTS) is 1. The molecule has 7 heteroatoms. The molecule has 28 heavy (non-hydrogen) atoms. The van der Waals surface area contributed by atoms with Crippen LogP contribution in [0.1, 0.15) is 41.6 Å². The van der Waals surface area contributed by atoms with Crippen LogP contribution in [0.15, 0.2) is 30.6 Å². The van der Waals surface area contributed by atoms with Crippen LogP contribution < -0.4 is 0 Å². The number of nitrogens with zero attached hydrogens (tertiary/aromatic N) is 3. The normalized spacial score (nSPS) is 18.7. The highest BCUT2D eigenvalue weighted by Crippen LogP contribution is 2.26. The second kappa shape index (κ2) is 8.14. The minimum absolute atomic E-state index is 0.297. The molecule has 1 aromatic carbocycles. The average molecular weight is 382 g/mol. The Balaban J connectivity index is 1.38. The molecule has 2 aromatic rings. The van der Waals surface area contributed by atoms with Crippen molar-refractivity contribution in [1.29, 1.82) is 0 Å². The Labute approximate surface area is 164 Å². The summed E-state index contributed by atoms with van der Waals surface area (Å²) in [7, 11) is 0. The summed E-state index contributed by atoms with van der Waals surface area (Å²) in [6.07, 6.45) is 7.25. The molecule has 0 unspecified atom stereocenters. The van der Waals surface area contributed by atoms with Crippen molar-refractivity contribution < 1.29 is 14.7 Å². The molecule has 2 aliphatic rings. The van der Waals surface area contributed by atoms with Crippen molar-refractivity contribution in [2.45, 2.75) is 32.2 Å². The number of carboxylic acids is 1. The fourth-order valence-electron chi connectivity index (χ4n) is 4.28. The first-order valence-electron chi connectivity index (χ1n) is 9.95. The number of likely N-dealkylation sites (tertiary alicyclic amines) is 2. The van der Waals surface area contributed by atoms with Gasteiger partial charge in [0.2, 0.25) is 5.91 Å². The molecule has 0 bridgehead atoms. The van der Waals surface area contributed by atoms with Crippen LogP contribution in [0.2, 0.25) is 0 Å². The lowest BCUT2D eigenvalue weighted by atomic mass is 9.95. The molecule has 0 spiro atoms. The van der Waals surface area contributed by atoms with Crippen molar-refractivity contribution in [2.24, 2.45) is 5.92 Å². The quantitative estimate of drug-likeness (QED) is 0.802. The number of hydrogen-bond donors (Lipinski definition) is 2. The Morgan fingerprint density at radius 2 is 2.04 bits per heavy atom. The van der Waals surface area contributed by atoms with Gasteiger partial charge in [-0.15, -0.1) is 0 Å². The summed E-state index contributed by atoms with van der Waals surface area (Å²) in [5.74, 6) is -0.0465. The third-order valence-electron chi connectivity index (χ3n) is 5.92. The van der Waals surface area contributed by atoms with Crippen LogP contribution in [0.5, 0.6) is 0 Å². The summed E-state index contributed by atoms with van der Waals surface area (Å²) in [6.45, 7) is 4.31.